The first-order chi connectivity index (χ1) is 20.0. The third-order valence-corrected chi connectivity index (χ3v) is 10.8. The molecule has 3 aromatic carbocycles. The second-order valence-corrected chi connectivity index (χ2v) is 13.8. The molecule has 0 N–H and O–H groups in total. The largest absolute Gasteiger partial charge is 0.335 e. The van der Waals surface area contributed by atoms with Crippen LogP contribution < -0.4 is 9.47 Å². The van der Waals surface area contributed by atoms with E-state index in [1.54, 1.807) is 17.6 Å². The molecule has 208 valence electrons. The average Bonchev–Trinajstić information content (AvgIpc) is 3.53. The standard InChI is InChI=1S/C35H35N2OS3/c1-4-36-30-19-18-29(41(3)38)24-33(30)40-34(36)16-10-12-25-11-9-13-26(21-25)22-35-37(5-2)31-23-28(17-20-32(31)39-35)27-14-7-6-8-15-27/h6-8,10,12,14-24H,4-5,9,11,13H2,1-3H3/q+1. The summed E-state index contributed by atoms with van der Waals surface area (Å²) < 4.78 is 15.5. The van der Waals surface area contributed by atoms with Crippen LogP contribution in [0.1, 0.15) is 38.1 Å². The Morgan fingerprint density at radius 1 is 1.00 bits per heavy atom. The first kappa shape index (κ1) is 28.0. The molecule has 1 atom stereocenters. The molecule has 1 aromatic heterocycles. The Morgan fingerprint density at radius 3 is 2.63 bits per heavy atom. The van der Waals surface area contributed by atoms with Crippen LogP contribution in [0.3, 0.4) is 0 Å². The van der Waals surface area contributed by atoms with Crippen molar-refractivity contribution in [3.8, 4) is 11.1 Å². The molecular formula is C35H35N2OS3+. The van der Waals surface area contributed by atoms with Gasteiger partial charge in [-0.3, -0.25) is 4.21 Å². The van der Waals surface area contributed by atoms with Crippen LogP contribution >= 0.6 is 23.1 Å². The van der Waals surface area contributed by atoms with Gasteiger partial charge in [-0.15, -0.1) is 0 Å². The summed E-state index contributed by atoms with van der Waals surface area (Å²) in [6.07, 6.45) is 16.6. The molecule has 2 aliphatic rings. The lowest BCUT2D eigenvalue weighted by Gasteiger charge is -2.20. The number of aryl methyl sites for hydroxylation is 1. The van der Waals surface area contributed by atoms with Crippen molar-refractivity contribution in [1.82, 2.24) is 0 Å². The summed E-state index contributed by atoms with van der Waals surface area (Å²) in [7, 11) is -0.968. The summed E-state index contributed by atoms with van der Waals surface area (Å²) in [6.45, 7) is 6.27. The fourth-order valence-corrected chi connectivity index (χ4v) is 8.58. The molecule has 6 heteroatoms. The summed E-state index contributed by atoms with van der Waals surface area (Å²) in [5.74, 6) is 0. The SMILES string of the molecule is CCN1C(=CC2=CC(=CC=Cc3sc4cc(S(C)=O)ccc4[n+]3CC)CCC2)Sc2ccc(-c3ccccc3)cc21. The number of benzene rings is 3. The van der Waals surface area contributed by atoms with Gasteiger partial charge in [-0.1, -0.05) is 77.7 Å². The Balaban J connectivity index is 1.23. The zero-order valence-electron chi connectivity index (χ0n) is 23.8. The summed E-state index contributed by atoms with van der Waals surface area (Å²) in [5, 5.41) is 2.53. The number of thiazole rings is 1. The van der Waals surface area contributed by atoms with Crippen LogP contribution in [0.15, 0.2) is 117 Å². The van der Waals surface area contributed by atoms with Crippen LogP contribution in [-0.2, 0) is 17.3 Å². The highest BCUT2D eigenvalue weighted by Crippen LogP contribution is 2.48. The number of nitrogens with zero attached hydrogens (tertiary/aromatic N) is 2. The van der Waals surface area contributed by atoms with E-state index in [2.05, 4.69) is 114 Å². The molecule has 0 spiro atoms. The van der Waals surface area contributed by atoms with Crippen LogP contribution in [0, 0.1) is 0 Å². The summed E-state index contributed by atoms with van der Waals surface area (Å²) in [5.41, 5.74) is 7.82. The minimum absolute atomic E-state index is 0.885. The minimum atomic E-state index is -0.968. The van der Waals surface area contributed by atoms with E-state index < -0.39 is 10.8 Å². The predicted molar refractivity (Wildman–Crippen MR) is 178 cm³/mol. The molecule has 1 aliphatic carbocycles. The van der Waals surface area contributed by atoms with Gasteiger partial charge < -0.3 is 4.90 Å². The van der Waals surface area contributed by atoms with Crippen molar-refractivity contribution in [2.24, 2.45) is 0 Å². The Labute approximate surface area is 254 Å². The zero-order valence-corrected chi connectivity index (χ0v) is 26.3. The Bertz CT molecular complexity index is 1740. The summed E-state index contributed by atoms with van der Waals surface area (Å²) in [4.78, 5) is 4.67. The maximum absolute atomic E-state index is 12.0. The van der Waals surface area contributed by atoms with E-state index in [1.165, 1.54) is 59.5 Å². The topological polar surface area (TPSA) is 24.2 Å². The third kappa shape index (κ3) is 5.92. The molecule has 0 radical (unpaired) electrons. The number of rotatable bonds is 7. The average molecular weight is 596 g/mol. The molecule has 0 fully saturated rings. The van der Waals surface area contributed by atoms with E-state index in [0.29, 0.717) is 0 Å². The van der Waals surface area contributed by atoms with Crippen molar-refractivity contribution in [1.29, 1.82) is 0 Å². The number of anilines is 1. The number of aromatic nitrogens is 1. The summed E-state index contributed by atoms with van der Waals surface area (Å²) >= 11 is 3.65. The van der Waals surface area contributed by atoms with E-state index in [9.17, 15) is 4.21 Å². The quantitative estimate of drug-likeness (QED) is 0.199. The first-order valence-corrected chi connectivity index (χ1v) is 17.5. The molecule has 4 aromatic rings. The number of hydrogen-bond donors (Lipinski definition) is 0. The van der Waals surface area contributed by atoms with Crippen molar-refractivity contribution >= 4 is 55.9 Å². The Morgan fingerprint density at radius 2 is 1.85 bits per heavy atom. The zero-order chi connectivity index (χ0) is 28.3. The fraction of sp³-hybridized carbons (Fsp3) is 0.229. The van der Waals surface area contributed by atoms with Gasteiger partial charge in [-0.2, -0.15) is 4.57 Å². The van der Waals surface area contributed by atoms with Crippen LogP contribution in [-0.4, -0.2) is 17.0 Å². The second kappa shape index (κ2) is 12.4. The molecule has 0 saturated heterocycles. The van der Waals surface area contributed by atoms with Crippen molar-refractivity contribution < 1.29 is 8.78 Å². The lowest BCUT2D eigenvalue weighted by Crippen LogP contribution is -2.33. The van der Waals surface area contributed by atoms with Gasteiger partial charge in [-0.25, -0.2) is 0 Å². The highest BCUT2D eigenvalue weighted by atomic mass is 32.2. The molecule has 3 nitrogen and oxygen atoms in total. The lowest BCUT2D eigenvalue weighted by molar-refractivity contribution is -0.665. The van der Waals surface area contributed by atoms with Gasteiger partial charge in [0.05, 0.1) is 10.7 Å². The smallest absolute Gasteiger partial charge is 0.262 e. The maximum atomic E-state index is 12.0. The highest BCUT2D eigenvalue weighted by molar-refractivity contribution is 8.03. The van der Waals surface area contributed by atoms with Gasteiger partial charge in [0, 0.05) is 45.5 Å². The van der Waals surface area contributed by atoms with E-state index in [4.69, 9.17) is 0 Å². The van der Waals surface area contributed by atoms with Crippen LogP contribution in [0.4, 0.5) is 5.69 Å². The van der Waals surface area contributed by atoms with Gasteiger partial charge in [-0.05, 0) is 85.7 Å². The van der Waals surface area contributed by atoms with Gasteiger partial charge in [0.15, 0.2) is 0 Å². The highest BCUT2D eigenvalue weighted by Gasteiger charge is 2.25. The van der Waals surface area contributed by atoms with Gasteiger partial charge in [0.25, 0.3) is 5.01 Å². The third-order valence-electron chi connectivity index (χ3n) is 7.66. The van der Waals surface area contributed by atoms with Crippen LogP contribution in [0.5, 0.6) is 0 Å². The van der Waals surface area contributed by atoms with E-state index in [-0.39, 0.29) is 0 Å². The monoisotopic (exact) mass is 595 g/mol. The predicted octanol–water partition coefficient (Wildman–Crippen LogP) is 9.14. The normalized spacial score (nSPS) is 18.0. The van der Waals surface area contributed by atoms with E-state index in [0.717, 1.165) is 30.8 Å². The molecule has 0 amide bonds. The summed E-state index contributed by atoms with van der Waals surface area (Å²) in [6, 6.07) is 23.7. The van der Waals surface area contributed by atoms with Crippen molar-refractivity contribution in [2.75, 3.05) is 17.7 Å². The minimum Gasteiger partial charge on any atom is -0.335 e. The molecule has 1 aliphatic heterocycles. The molecule has 41 heavy (non-hydrogen) atoms. The van der Waals surface area contributed by atoms with Crippen LogP contribution in [0.25, 0.3) is 27.4 Å². The number of allylic oxidation sites excluding steroid dienone is 6. The Kier molecular flexibility index (Phi) is 8.42. The fourth-order valence-electron chi connectivity index (χ4n) is 5.60. The number of thioether (sulfide) groups is 1. The van der Waals surface area contributed by atoms with E-state index in [1.807, 2.05) is 17.8 Å². The molecule has 0 bridgehead atoms. The molecule has 0 saturated carbocycles. The van der Waals surface area contributed by atoms with Gasteiger partial charge in [0.2, 0.25) is 5.52 Å². The number of hydrogen-bond acceptors (Lipinski definition) is 4. The van der Waals surface area contributed by atoms with Crippen molar-refractivity contribution in [2.45, 2.75) is 49.4 Å². The molecule has 6 rings (SSSR count). The Hall–Kier alpha value is -3.19. The molecule has 2 heterocycles. The van der Waals surface area contributed by atoms with Crippen molar-refractivity contribution in [3.05, 3.63) is 112 Å². The molecular weight excluding hydrogens is 561 g/mol. The number of fused-ring (bicyclic) bond motifs is 2. The van der Waals surface area contributed by atoms with E-state index >= 15 is 0 Å². The second-order valence-electron chi connectivity index (χ2n) is 10.3. The first-order valence-electron chi connectivity index (χ1n) is 14.3. The van der Waals surface area contributed by atoms with Crippen molar-refractivity contribution in [3.63, 3.8) is 0 Å². The van der Waals surface area contributed by atoms with Gasteiger partial charge >= 0.3 is 0 Å². The maximum Gasteiger partial charge on any atom is 0.262 e. The van der Waals surface area contributed by atoms with Gasteiger partial charge in [0.1, 0.15) is 11.2 Å². The van der Waals surface area contributed by atoms with Crippen LogP contribution in [0.2, 0.25) is 0 Å². The lowest BCUT2D eigenvalue weighted by atomic mass is 9.95. The molecule has 1 unspecified atom stereocenters.